The summed E-state index contributed by atoms with van der Waals surface area (Å²) >= 11 is 1.78. The molecule has 0 amide bonds. The lowest BCUT2D eigenvalue weighted by Crippen LogP contribution is -2.22. The third kappa shape index (κ3) is 2.70. The van der Waals surface area contributed by atoms with E-state index in [4.69, 9.17) is 5.26 Å². The van der Waals surface area contributed by atoms with Crippen molar-refractivity contribution in [2.75, 3.05) is 6.54 Å². The zero-order chi connectivity index (χ0) is 13.1. The van der Waals surface area contributed by atoms with Gasteiger partial charge in [0.1, 0.15) is 0 Å². The summed E-state index contributed by atoms with van der Waals surface area (Å²) in [5, 5.41) is 13.2. The fourth-order valence-corrected chi connectivity index (χ4v) is 3.48. The van der Waals surface area contributed by atoms with Gasteiger partial charge in [0.05, 0.1) is 11.6 Å². The van der Waals surface area contributed by atoms with Crippen LogP contribution in [-0.2, 0) is 6.54 Å². The largest absolute Gasteiger partial charge is 0.292 e. The fraction of sp³-hybridized carbons (Fsp3) is 0.312. The number of rotatable bonds is 3. The first-order valence-electron chi connectivity index (χ1n) is 6.62. The molecule has 2 nitrogen and oxygen atoms in total. The molecule has 0 spiro atoms. The fourth-order valence-electron chi connectivity index (χ4n) is 2.78. The minimum Gasteiger partial charge on any atom is -0.292 e. The van der Waals surface area contributed by atoms with E-state index in [-0.39, 0.29) is 0 Å². The smallest absolute Gasteiger partial charge is 0.0991 e. The van der Waals surface area contributed by atoms with Gasteiger partial charge in [0, 0.05) is 12.6 Å². The van der Waals surface area contributed by atoms with E-state index in [1.807, 2.05) is 12.1 Å². The van der Waals surface area contributed by atoms with E-state index >= 15 is 0 Å². The molecule has 1 unspecified atom stereocenters. The SMILES string of the molecule is N#Cc1ccc(CN2CCCC2c2ccsc2)cc1. The van der Waals surface area contributed by atoms with E-state index in [1.54, 1.807) is 11.3 Å². The number of likely N-dealkylation sites (tertiary alicyclic amines) is 1. The molecule has 0 saturated carbocycles. The van der Waals surface area contributed by atoms with Crippen molar-refractivity contribution < 1.29 is 0 Å². The van der Waals surface area contributed by atoms with E-state index in [9.17, 15) is 0 Å². The maximum Gasteiger partial charge on any atom is 0.0991 e. The third-order valence-corrected chi connectivity index (χ3v) is 4.46. The third-order valence-electron chi connectivity index (χ3n) is 3.76. The van der Waals surface area contributed by atoms with Crippen LogP contribution in [0.5, 0.6) is 0 Å². The highest BCUT2D eigenvalue weighted by Crippen LogP contribution is 2.34. The van der Waals surface area contributed by atoms with E-state index in [1.165, 1.54) is 30.5 Å². The molecule has 1 aromatic carbocycles. The lowest BCUT2D eigenvalue weighted by Gasteiger charge is -2.24. The Bertz CT molecular complexity index is 566. The van der Waals surface area contributed by atoms with Gasteiger partial charge in [0.25, 0.3) is 0 Å². The molecule has 96 valence electrons. The van der Waals surface area contributed by atoms with Crippen molar-refractivity contribution in [2.45, 2.75) is 25.4 Å². The lowest BCUT2D eigenvalue weighted by atomic mass is 10.1. The van der Waals surface area contributed by atoms with Crippen molar-refractivity contribution in [2.24, 2.45) is 0 Å². The number of hydrogen-bond acceptors (Lipinski definition) is 3. The molecule has 2 heterocycles. The van der Waals surface area contributed by atoms with E-state index in [2.05, 4.69) is 39.9 Å². The molecular weight excluding hydrogens is 252 g/mol. The first-order chi connectivity index (χ1) is 9.36. The molecule has 1 aromatic heterocycles. The van der Waals surface area contributed by atoms with Gasteiger partial charge in [-0.25, -0.2) is 0 Å². The van der Waals surface area contributed by atoms with Crippen LogP contribution < -0.4 is 0 Å². The first kappa shape index (κ1) is 12.4. The van der Waals surface area contributed by atoms with Gasteiger partial charge >= 0.3 is 0 Å². The lowest BCUT2D eigenvalue weighted by molar-refractivity contribution is 0.249. The Morgan fingerprint density at radius 3 is 2.79 bits per heavy atom. The molecule has 0 radical (unpaired) electrons. The monoisotopic (exact) mass is 268 g/mol. The van der Waals surface area contributed by atoms with Gasteiger partial charge < -0.3 is 0 Å². The molecule has 0 N–H and O–H groups in total. The minimum absolute atomic E-state index is 0.571. The predicted octanol–water partition coefficient (Wildman–Crippen LogP) is 3.96. The summed E-state index contributed by atoms with van der Waals surface area (Å²) in [4.78, 5) is 2.55. The zero-order valence-corrected chi connectivity index (χ0v) is 11.6. The predicted molar refractivity (Wildman–Crippen MR) is 77.9 cm³/mol. The van der Waals surface area contributed by atoms with Crippen LogP contribution in [0, 0.1) is 11.3 Å². The van der Waals surface area contributed by atoms with Crippen LogP contribution in [0.15, 0.2) is 41.1 Å². The topological polar surface area (TPSA) is 27.0 Å². The van der Waals surface area contributed by atoms with Gasteiger partial charge in [-0.05, 0) is 59.5 Å². The van der Waals surface area contributed by atoms with Crippen LogP contribution in [0.2, 0.25) is 0 Å². The van der Waals surface area contributed by atoms with Crippen LogP contribution in [0.3, 0.4) is 0 Å². The summed E-state index contributed by atoms with van der Waals surface area (Å²) in [6.07, 6.45) is 2.53. The average Bonchev–Trinajstić information content (AvgIpc) is 3.10. The Morgan fingerprint density at radius 1 is 1.26 bits per heavy atom. The molecule has 0 bridgehead atoms. The van der Waals surface area contributed by atoms with Crippen molar-refractivity contribution in [1.29, 1.82) is 5.26 Å². The molecular formula is C16H16N2S. The number of thiophene rings is 1. The minimum atomic E-state index is 0.571. The summed E-state index contributed by atoms with van der Waals surface area (Å²) in [5.41, 5.74) is 3.48. The average molecular weight is 268 g/mol. The van der Waals surface area contributed by atoms with Crippen LogP contribution >= 0.6 is 11.3 Å². The normalized spacial score (nSPS) is 19.4. The maximum atomic E-state index is 8.82. The molecule has 1 aliphatic heterocycles. The number of nitrogens with zero attached hydrogens (tertiary/aromatic N) is 2. The van der Waals surface area contributed by atoms with Crippen molar-refractivity contribution in [3.8, 4) is 6.07 Å². The highest BCUT2D eigenvalue weighted by Gasteiger charge is 2.25. The molecule has 0 aliphatic carbocycles. The molecule has 3 heteroatoms. The highest BCUT2D eigenvalue weighted by atomic mass is 32.1. The van der Waals surface area contributed by atoms with Crippen LogP contribution in [0.25, 0.3) is 0 Å². The molecule has 19 heavy (non-hydrogen) atoms. The maximum absolute atomic E-state index is 8.82. The van der Waals surface area contributed by atoms with Crippen molar-refractivity contribution in [3.05, 3.63) is 57.8 Å². The Balaban J connectivity index is 1.73. The summed E-state index contributed by atoms with van der Waals surface area (Å²) in [5.74, 6) is 0. The second kappa shape index (κ2) is 5.56. The Kier molecular flexibility index (Phi) is 3.63. The van der Waals surface area contributed by atoms with E-state index in [0.717, 1.165) is 12.1 Å². The van der Waals surface area contributed by atoms with Crippen LogP contribution in [0.4, 0.5) is 0 Å². The first-order valence-corrected chi connectivity index (χ1v) is 7.56. The second-order valence-electron chi connectivity index (χ2n) is 4.99. The zero-order valence-electron chi connectivity index (χ0n) is 10.7. The molecule has 1 saturated heterocycles. The summed E-state index contributed by atoms with van der Waals surface area (Å²) < 4.78 is 0. The van der Waals surface area contributed by atoms with Gasteiger partial charge in [-0.15, -0.1) is 0 Å². The molecule has 1 atom stereocenters. The molecule has 2 aromatic rings. The van der Waals surface area contributed by atoms with E-state index < -0.39 is 0 Å². The van der Waals surface area contributed by atoms with Crippen LogP contribution in [-0.4, -0.2) is 11.4 Å². The molecule has 1 fully saturated rings. The molecule has 1 aliphatic rings. The van der Waals surface area contributed by atoms with Gasteiger partial charge in [-0.3, -0.25) is 4.90 Å². The van der Waals surface area contributed by atoms with Gasteiger partial charge in [-0.2, -0.15) is 16.6 Å². The summed E-state index contributed by atoms with van der Waals surface area (Å²) in [6, 6.07) is 12.9. The van der Waals surface area contributed by atoms with Crippen LogP contribution in [0.1, 0.15) is 35.6 Å². The number of nitriles is 1. The van der Waals surface area contributed by atoms with Gasteiger partial charge in [-0.1, -0.05) is 12.1 Å². The Hall–Kier alpha value is -1.63. The summed E-state index contributed by atoms with van der Waals surface area (Å²) in [6.45, 7) is 2.15. The second-order valence-corrected chi connectivity index (χ2v) is 5.77. The van der Waals surface area contributed by atoms with Crippen molar-refractivity contribution in [3.63, 3.8) is 0 Å². The quantitative estimate of drug-likeness (QED) is 0.842. The number of hydrogen-bond donors (Lipinski definition) is 0. The Labute approximate surface area is 117 Å². The van der Waals surface area contributed by atoms with Crippen molar-refractivity contribution >= 4 is 11.3 Å². The summed E-state index contributed by atoms with van der Waals surface area (Å²) in [7, 11) is 0. The van der Waals surface area contributed by atoms with Crippen molar-refractivity contribution in [1.82, 2.24) is 4.90 Å². The molecule has 3 rings (SSSR count). The van der Waals surface area contributed by atoms with Gasteiger partial charge in [0.2, 0.25) is 0 Å². The highest BCUT2D eigenvalue weighted by molar-refractivity contribution is 7.07. The van der Waals surface area contributed by atoms with Gasteiger partial charge in [0.15, 0.2) is 0 Å². The Morgan fingerprint density at radius 2 is 2.11 bits per heavy atom. The number of benzene rings is 1. The van der Waals surface area contributed by atoms with E-state index in [0.29, 0.717) is 6.04 Å². The standard InChI is InChI=1S/C16H16N2S/c17-10-13-3-5-14(6-4-13)11-18-8-1-2-16(18)15-7-9-19-12-15/h3-7,9,12,16H,1-2,8,11H2.